The Labute approximate surface area is 98.4 Å². The third kappa shape index (κ3) is 6.36. The van der Waals surface area contributed by atoms with Crippen LogP contribution in [0.1, 0.15) is 6.92 Å². The van der Waals surface area contributed by atoms with Crippen LogP contribution in [0.2, 0.25) is 13.1 Å². The second-order valence-corrected chi connectivity index (χ2v) is 6.96. The predicted octanol–water partition coefficient (Wildman–Crippen LogP) is 1.35. The molecule has 2 unspecified atom stereocenters. The molecule has 1 radical (unpaired) electrons. The maximum Gasteiger partial charge on any atom is 0.161 e. The van der Waals surface area contributed by atoms with E-state index >= 15 is 0 Å². The van der Waals surface area contributed by atoms with Gasteiger partial charge in [-0.05, 0) is 6.92 Å². The molecule has 1 rings (SSSR count). The Hall–Kier alpha value is -0.243. The van der Waals surface area contributed by atoms with Crippen molar-refractivity contribution in [3.63, 3.8) is 0 Å². The topological polar surface area (TPSA) is 39.9 Å². The van der Waals surface area contributed by atoms with Crippen LogP contribution in [0.5, 0.6) is 0 Å². The largest absolute Gasteiger partial charge is 0.244 e. The Morgan fingerprint density at radius 1 is 1.38 bits per heavy atom. The molecule has 1 aliphatic heterocycles. The lowest BCUT2D eigenvalue weighted by Gasteiger charge is -2.06. The molecule has 0 N–H and O–H groups in total. The molecule has 2 atom stereocenters. The normalized spacial score (nSPS) is 23.8. The van der Waals surface area contributed by atoms with Gasteiger partial charge in [0.1, 0.15) is 13.3 Å². The first-order valence-corrected chi connectivity index (χ1v) is 8.00. The van der Waals surface area contributed by atoms with Gasteiger partial charge < -0.3 is 0 Å². The van der Waals surface area contributed by atoms with Crippen LogP contribution in [0.15, 0.2) is 12.2 Å². The Morgan fingerprint density at radius 3 is 2.75 bits per heavy atom. The van der Waals surface area contributed by atoms with Crippen molar-refractivity contribution in [1.82, 2.24) is 4.90 Å². The van der Waals surface area contributed by atoms with Gasteiger partial charge in [0, 0.05) is 6.54 Å². The van der Waals surface area contributed by atoms with Gasteiger partial charge in [0.05, 0.1) is 15.0 Å². The number of rotatable bonds is 9. The van der Waals surface area contributed by atoms with Crippen LogP contribution < -0.4 is 0 Å². The molecule has 0 bridgehead atoms. The molecule has 0 aromatic carbocycles. The zero-order valence-electron chi connectivity index (χ0n) is 10.2. The van der Waals surface area contributed by atoms with Crippen molar-refractivity contribution in [3.05, 3.63) is 12.2 Å². The Bertz CT molecular complexity index is 225. The number of hydrogen-bond donors (Lipinski definition) is 0. The van der Waals surface area contributed by atoms with Crippen molar-refractivity contribution in [1.29, 1.82) is 0 Å². The van der Waals surface area contributed by atoms with Crippen molar-refractivity contribution >= 4 is 8.80 Å². The molecule has 1 heterocycles. The second kappa shape index (κ2) is 7.15. The van der Waals surface area contributed by atoms with Gasteiger partial charge in [-0.25, -0.2) is 24.5 Å². The highest BCUT2D eigenvalue weighted by Gasteiger charge is 2.36. The van der Waals surface area contributed by atoms with E-state index in [1.165, 1.54) is 0 Å². The van der Waals surface area contributed by atoms with E-state index in [1.54, 1.807) is 0 Å². The highest BCUT2D eigenvalue weighted by molar-refractivity contribution is 6.55. The molecule has 0 aliphatic carbocycles. The lowest BCUT2D eigenvalue weighted by Crippen LogP contribution is -2.16. The monoisotopic (exact) mass is 246 g/mol. The Balaban J connectivity index is 1.88. The molecule has 0 saturated carbocycles. The van der Waals surface area contributed by atoms with Crippen molar-refractivity contribution in [2.24, 2.45) is 0 Å². The fourth-order valence-corrected chi connectivity index (χ4v) is 1.18. The first-order valence-electron chi connectivity index (χ1n) is 5.29. The second-order valence-electron chi connectivity index (χ2n) is 4.26. The molecule has 5 nitrogen and oxygen atoms in total. The van der Waals surface area contributed by atoms with Gasteiger partial charge in [0.2, 0.25) is 0 Å². The van der Waals surface area contributed by atoms with Gasteiger partial charge in [-0.3, -0.25) is 0 Å². The van der Waals surface area contributed by atoms with Gasteiger partial charge in [0.25, 0.3) is 0 Å². The first-order chi connectivity index (χ1) is 7.59. The zero-order valence-corrected chi connectivity index (χ0v) is 11.2. The Morgan fingerprint density at radius 2 is 2.12 bits per heavy atom. The molecule has 6 heteroatoms. The molecule has 0 aromatic heterocycles. The summed E-state index contributed by atoms with van der Waals surface area (Å²) >= 11 is 0. The minimum absolute atomic E-state index is 0.00372. The van der Waals surface area contributed by atoms with Crippen LogP contribution in [0.25, 0.3) is 0 Å². The molecule has 0 aromatic rings. The predicted molar refractivity (Wildman–Crippen MR) is 61.7 cm³/mol. The highest BCUT2D eigenvalue weighted by atomic mass is 28.3. The summed E-state index contributed by atoms with van der Waals surface area (Å²) in [6.07, 6.45) is 0.701. The SMILES string of the molecule is C=C(C)COOC1CN1COOC[Si](C)C. The molecule has 0 spiro atoms. The van der Waals surface area contributed by atoms with Crippen LogP contribution >= 0.6 is 0 Å². The van der Waals surface area contributed by atoms with E-state index in [2.05, 4.69) is 19.7 Å². The van der Waals surface area contributed by atoms with Crippen molar-refractivity contribution in [2.45, 2.75) is 26.2 Å². The molecule has 1 saturated heterocycles. The zero-order chi connectivity index (χ0) is 12.0. The summed E-state index contributed by atoms with van der Waals surface area (Å²) in [6.45, 7) is 11.6. The maximum atomic E-state index is 5.09. The summed E-state index contributed by atoms with van der Waals surface area (Å²) in [5.74, 6) is 0. The van der Waals surface area contributed by atoms with E-state index in [0.717, 1.165) is 12.1 Å². The fraction of sp³-hybridized carbons (Fsp3) is 0.800. The summed E-state index contributed by atoms with van der Waals surface area (Å²) < 4.78 is 0. The standard InChI is InChI=1S/C10H20NO4Si/c1-9(2)6-12-15-10-5-11(10)7-13-14-8-16(3)4/h10H,1,5-8H2,2-4H3. The lowest BCUT2D eigenvalue weighted by molar-refractivity contribution is -0.326. The van der Waals surface area contributed by atoms with Crippen molar-refractivity contribution < 1.29 is 19.6 Å². The van der Waals surface area contributed by atoms with Crippen LogP contribution in [0.3, 0.4) is 0 Å². The summed E-state index contributed by atoms with van der Waals surface area (Å²) in [6, 6.07) is 0. The van der Waals surface area contributed by atoms with Crippen molar-refractivity contribution in [3.8, 4) is 0 Å². The maximum absolute atomic E-state index is 5.09. The quantitative estimate of drug-likeness (QED) is 0.153. The van der Waals surface area contributed by atoms with Crippen LogP contribution in [0, 0.1) is 0 Å². The van der Waals surface area contributed by atoms with E-state index in [4.69, 9.17) is 19.6 Å². The van der Waals surface area contributed by atoms with Gasteiger partial charge in [0.15, 0.2) is 6.23 Å². The summed E-state index contributed by atoms with van der Waals surface area (Å²) in [4.78, 5) is 22.1. The molecule has 1 fully saturated rings. The average molecular weight is 246 g/mol. The Kier molecular flexibility index (Phi) is 6.18. The third-order valence-corrected chi connectivity index (χ3v) is 2.49. The van der Waals surface area contributed by atoms with E-state index < -0.39 is 0 Å². The van der Waals surface area contributed by atoms with Crippen LogP contribution in [-0.2, 0) is 19.6 Å². The lowest BCUT2D eigenvalue weighted by atomic mass is 10.4. The average Bonchev–Trinajstić information content (AvgIpc) is 2.91. The molecule has 1 aliphatic rings. The molecular weight excluding hydrogens is 226 g/mol. The smallest absolute Gasteiger partial charge is 0.161 e. The highest BCUT2D eigenvalue weighted by Crippen LogP contribution is 2.18. The first kappa shape index (κ1) is 13.8. The van der Waals surface area contributed by atoms with Crippen LogP contribution in [-0.4, -0.2) is 46.0 Å². The van der Waals surface area contributed by atoms with Gasteiger partial charge in [-0.15, -0.1) is 0 Å². The third-order valence-electron chi connectivity index (χ3n) is 1.80. The summed E-state index contributed by atoms with van der Waals surface area (Å²) in [7, 11) is -0.380. The van der Waals surface area contributed by atoms with E-state index in [1.807, 2.05) is 11.8 Å². The molecular formula is C10H20NO4Si. The summed E-state index contributed by atoms with van der Waals surface area (Å²) in [5.41, 5.74) is 0.937. The van der Waals surface area contributed by atoms with Crippen LogP contribution in [0.4, 0.5) is 0 Å². The van der Waals surface area contributed by atoms with E-state index in [9.17, 15) is 0 Å². The van der Waals surface area contributed by atoms with E-state index in [0.29, 0.717) is 19.6 Å². The minimum Gasteiger partial charge on any atom is -0.244 e. The number of hydrogen-bond acceptors (Lipinski definition) is 5. The molecule has 16 heavy (non-hydrogen) atoms. The number of nitrogens with zero attached hydrogens (tertiary/aromatic N) is 1. The summed E-state index contributed by atoms with van der Waals surface area (Å²) in [5, 5.41) is 0. The molecule has 0 amide bonds. The molecule has 93 valence electrons. The van der Waals surface area contributed by atoms with Gasteiger partial charge in [-0.2, -0.15) is 0 Å². The fourth-order valence-electron chi connectivity index (χ4n) is 0.858. The minimum atomic E-state index is -0.380. The van der Waals surface area contributed by atoms with Crippen molar-refractivity contribution in [2.75, 3.05) is 26.1 Å². The van der Waals surface area contributed by atoms with Gasteiger partial charge in [-0.1, -0.05) is 25.2 Å². The van der Waals surface area contributed by atoms with Gasteiger partial charge >= 0.3 is 0 Å². The van der Waals surface area contributed by atoms with E-state index in [-0.39, 0.29) is 15.0 Å².